The molecule has 3 heterocycles. The Balaban J connectivity index is 1.87. The normalized spacial score (nSPS) is 17.0. The van der Waals surface area contributed by atoms with Crippen molar-refractivity contribution < 1.29 is 23.1 Å². The second-order valence-corrected chi connectivity index (χ2v) is 9.72. The van der Waals surface area contributed by atoms with Gasteiger partial charge in [0.1, 0.15) is 0 Å². The summed E-state index contributed by atoms with van der Waals surface area (Å²) in [6.45, 7) is 5.62. The van der Waals surface area contributed by atoms with E-state index in [9.17, 15) is 23.1 Å². The molecule has 5 nitrogen and oxygen atoms in total. The number of amides is 1. The molecule has 4 rings (SSSR count). The Hall–Kier alpha value is -2.62. The number of fused-ring (bicyclic) bond motifs is 1. The lowest BCUT2D eigenvalue weighted by Gasteiger charge is -2.33. The van der Waals surface area contributed by atoms with Crippen LogP contribution in [0.15, 0.2) is 49.2 Å². The third kappa shape index (κ3) is 4.71. The maximum Gasteiger partial charge on any atom is 0.435 e. The Morgan fingerprint density at radius 3 is 2.76 bits per heavy atom. The third-order valence-electron chi connectivity index (χ3n) is 5.52. The van der Waals surface area contributed by atoms with E-state index in [4.69, 9.17) is 11.6 Å². The fourth-order valence-electron chi connectivity index (χ4n) is 4.19. The zero-order valence-electron chi connectivity index (χ0n) is 17.6. The second-order valence-electron chi connectivity index (χ2n) is 7.95. The van der Waals surface area contributed by atoms with Gasteiger partial charge in [0.25, 0.3) is 0 Å². The Bertz CT molecular complexity index is 1200. The highest BCUT2D eigenvalue weighted by atomic mass is 35.5. The molecule has 1 unspecified atom stereocenters. The zero-order chi connectivity index (χ0) is 23.9. The van der Waals surface area contributed by atoms with Crippen molar-refractivity contribution in [3.63, 3.8) is 0 Å². The molecule has 0 spiro atoms. The van der Waals surface area contributed by atoms with Crippen LogP contribution in [0.5, 0.6) is 0 Å². The van der Waals surface area contributed by atoms with Crippen molar-refractivity contribution >= 4 is 28.8 Å². The third-order valence-corrected chi connectivity index (χ3v) is 6.78. The summed E-state index contributed by atoms with van der Waals surface area (Å²) >= 11 is 7.62. The van der Waals surface area contributed by atoms with E-state index in [0.717, 1.165) is 15.1 Å². The highest BCUT2D eigenvalue weighted by molar-refractivity contribution is 7.16. The number of benzene rings is 1. The minimum absolute atomic E-state index is 0.0689. The Morgan fingerprint density at radius 1 is 1.36 bits per heavy atom. The van der Waals surface area contributed by atoms with Gasteiger partial charge in [0.05, 0.1) is 23.5 Å². The van der Waals surface area contributed by atoms with Crippen molar-refractivity contribution in [2.45, 2.75) is 38.2 Å². The van der Waals surface area contributed by atoms with Gasteiger partial charge < -0.3 is 10.0 Å². The molecule has 1 amide bonds. The number of nitrogens with zero attached hydrogens (tertiary/aromatic N) is 3. The molecule has 0 radical (unpaired) electrons. The first-order valence-electron chi connectivity index (χ1n) is 10.2. The number of carbonyl (C=O) groups excluding carboxylic acids is 1. The van der Waals surface area contributed by atoms with Crippen molar-refractivity contribution in [3.05, 3.63) is 75.2 Å². The number of alkyl halides is 3. The summed E-state index contributed by atoms with van der Waals surface area (Å²) in [5, 5.41) is 13.4. The van der Waals surface area contributed by atoms with Gasteiger partial charge >= 0.3 is 6.18 Å². The Kier molecular flexibility index (Phi) is 6.39. The number of hydrogen-bond acceptors (Lipinski definition) is 4. The number of aromatic nitrogens is 2. The van der Waals surface area contributed by atoms with Crippen LogP contribution in [-0.4, -0.2) is 38.3 Å². The summed E-state index contributed by atoms with van der Waals surface area (Å²) in [5.74, 6) is -0.632. The molecule has 0 bridgehead atoms. The topological polar surface area (TPSA) is 58.4 Å². The van der Waals surface area contributed by atoms with Gasteiger partial charge in [0, 0.05) is 29.1 Å². The molecular formula is C23H21ClF3N3O2S. The Morgan fingerprint density at radius 2 is 2.09 bits per heavy atom. The summed E-state index contributed by atoms with van der Waals surface area (Å²) < 4.78 is 43.4. The smallest absolute Gasteiger partial charge is 0.391 e. The minimum atomic E-state index is -4.68. The SMILES string of the molecule is C=CC(=O)N1Cc2sc(Cl)cc2[C@@H](c2ccccc2-c2cn(CC(C)O)nc2C(F)(F)F)C1. The lowest BCUT2D eigenvalue weighted by molar-refractivity contribution is -0.141. The van der Waals surface area contributed by atoms with Gasteiger partial charge in [-0.15, -0.1) is 11.3 Å². The number of aliphatic hydroxyl groups excluding tert-OH is 1. The molecule has 1 aliphatic heterocycles. The molecule has 0 fully saturated rings. The molecule has 10 heteroatoms. The molecule has 1 aliphatic rings. The van der Waals surface area contributed by atoms with E-state index in [1.165, 1.54) is 30.5 Å². The van der Waals surface area contributed by atoms with Crippen molar-refractivity contribution in [1.82, 2.24) is 14.7 Å². The van der Waals surface area contributed by atoms with E-state index in [1.54, 1.807) is 29.2 Å². The average Bonchev–Trinajstić information content (AvgIpc) is 3.34. The number of rotatable bonds is 5. The average molecular weight is 496 g/mol. The van der Waals surface area contributed by atoms with Crippen LogP contribution in [0, 0.1) is 0 Å². The van der Waals surface area contributed by atoms with Gasteiger partial charge in [-0.2, -0.15) is 18.3 Å². The molecule has 0 aliphatic carbocycles. The van der Waals surface area contributed by atoms with E-state index in [0.29, 0.717) is 22.0 Å². The molecule has 174 valence electrons. The number of carbonyl (C=O) groups is 1. The largest absolute Gasteiger partial charge is 0.435 e. The molecule has 1 aromatic carbocycles. The van der Waals surface area contributed by atoms with Gasteiger partial charge in [-0.1, -0.05) is 42.4 Å². The fraction of sp³-hybridized carbons (Fsp3) is 0.304. The number of aliphatic hydroxyl groups is 1. The molecule has 2 atom stereocenters. The maximum absolute atomic E-state index is 13.9. The highest BCUT2D eigenvalue weighted by Crippen LogP contribution is 2.45. The fourth-order valence-corrected chi connectivity index (χ4v) is 5.54. The van der Waals surface area contributed by atoms with Crippen LogP contribution >= 0.6 is 22.9 Å². The maximum atomic E-state index is 13.9. The van der Waals surface area contributed by atoms with Gasteiger partial charge in [-0.25, -0.2) is 0 Å². The predicted molar refractivity (Wildman–Crippen MR) is 121 cm³/mol. The molecule has 0 saturated heterocycles. The van der Waals surface area contributed by atoms with E-state index in [1.807, 2.05) is 6.07 Å². The van der Waals surface area contributed by atoms with Gasteiger partial charge in [-0.3, -0.25) is 9.48 Å². The summed E-state index contributed by atoms with van der Waals surface area (Å²) in [4.78, 5) is 14.9. The molecule has 33 heavy (non-hydrogen) atoms. The van der Waals surface area contributed by atoms with Crippen molar-refractivity contribution in [3.8, 4) is 11.1 Å². The van der Waals surface area contributed by atoms with Gasteiger partial charge in [0.15, 0.2) is 5.69 Å². The second kappa shape index (κ2) is 8.96. The standard InChI is InChI=1S/C23H21ClF3N3O2S/c1-3-21(32)29-10-17(16-8-20(24)33-19(16)12-29)14-6-4-5-7-15(14)18-11-30(9-13(2)31)28-22(18)23(25,26)27/h3-8,11,13,17,31H,1,9-10,12H2,2H3/t13?,17-/m1/s1. The molecule has 2 aromatic heterocycles. The monoisotopic (exact) mass is 495 g/mol. The van der Waals surface area contributed by atoms with Crippen LogP contribution in [0.3, 0.4) is 0 Å². The first kappa shape index (κ1) is 23.5. The van der Waals surface area contributed by atoms with Crippen LogP contribution in [-0.2, 0) is 24.1 Å². The number of thiophene rings is 1. The van der Waals surface area contributed by atoms with Crippen LogP contribution in [0.4, 0.5) is 13.2 Å². The van der Waals surface area contributed by atoms with Crippen LogP contribution in [0.25, 0.3) is 11.1 Å². The van der Waals surface area contributed by atoms with Crippen LogP contribution in [0.1, 0.15) is 34.5 Å². The first-order valence-corrected chi connectivity index (χ1v) is 11.4. The summed E-state index contributed by atoms with van der Waals surface area (Å²) in [7, 11) is 0. The summed E-state index contributed by atoms with van der Waals surface area (Å²) in [6, 6.07) is 8.64. The number of halogens is 4. The lowest BCUT2D eigenvalue weighted by Crippen LogP contribution is -2.37. The summed E-state index contributed by atoms with van der Waals surface area (Å²) in [6.07, 6.45) is -3.00. The van der Waals surface area contributed by atoms with E-state index in [-0.39, 0.29) is 30.5 Å². The van der Waals surface area contributed by atoms with Crippen LogP contribution < -0.4 is 0 Å². The zero-order valence-corrected chi connectivity index (χ0v) is 19.2. The first-order chi connectivity index (χ1) is 15.6. The van der Waals surface area contributed by atoms with E-state index >= 15 is 0 Å². The van der Waals surface area contributed by atoms with Crippen molar-refractivity contribution in [2.24, 2.45) is 0 Å². The number of hydrogen-bond donors (Lipinski definition) is 1. The molecular weight excluding hydrogens is 475 g/mol. The summed E-state index contributed by atoms with van der Waals surface area (Å²) in [5.41, 5.74) is 0.808. The lowest BCUT2D eigenvalue weighted by atomic mass is 9.84. The van der Waals surface area contributed by atoms with Crippen molar-refractivity contribution in [1.29, 1.82) is 0 Å². The quantitative estimate of drug-likeness (QED) is 0.487. The van der Waals surface area contributed by atoms with Gasteiger partial charge in [-0.05, 0) is 35.8 Å². The van der Waals surface area contributed by atoms with Crippen LogP contribution in [0.2, 0.25) is 4.34 Å². The van der Waals surface area contributed by atoms with Gasteiger partial charge in [0.2, 0.25) is 5.91 Å². The predicted octanol–water partition coefficient (Wildman–Crippen LogP) is 5.32. The van der Waals surface area contributed by atoms with E-state index < -0.39 is 18.0 Å². The molecule has 3 aromatic rings. The Labute approximate surface area is 197 Å². The highest BCUT2D eigenvalue weighted by Gasteiger charge is 2.39. The van der Waals surface area contributed by atoms with E-state index in [2.05, 4.69) is 11.7 Å². The van der Waals surface area contributed by atoms with Crippen molar-refractivity contribution in [2.75, 3.05) is 6.54 Å². The molecule has 0 saturated carbocycles. The molecule has 1 N–H and O–H groups in total. The minimum Gasteiger partial charge on any atom is -0.391 e.